The lowest BCUT2D eigenvalue weighted by Crippen LogP contribution is -2.11. The van der Waals surface area contributed by atoms with E-state index >= 15 is 0 Å². The van der Waals surface area contributed by atoms with Crippen LogP contribution in [-0.4, -0.2) is 0 Å². The summed E-state index contributed by atoms with van der Waals surface area (Å²) in [5.74, 6) is 0. The van der Waals surface area contributed by atoms with Crippen molar-refractivity contribution in [1.82, 2.24) is 0 Å². The van der Waals surface area contributed by atoms with Crippen LogP contribution in [0.5, 0.6) is 0 Å². The van der Waals surface area contributed by atoms with Crippen LogP contribution in [0.4, 0.5) is 17.1 Å². The average Bonchev–Trinajstić information content (AvgIpc) is 3.81. The first-order valence-electron chi connectivity index (χ1n) is 18.0. The zero-order chi connectivity index (χ0) is 34.9. The average molecular weight is 678 g/mol. The molecule has 0 saturated heterocycles. The Morgan fingerprint density at radius 3 is 1.79 bits per heavy atom. The standard InChI is InChI=1S/C50H31NO2/c1-3-15-36-32(12-1)14-9-19-37(36)34-26-29-35(30-27-34)51(45-23-10-21-42-40-18-6-8-24-46(40)52-50(42)45)44-22-7-5-17-39(44)41-20-11-25-47-48(41)43-31-28-33-13-2-4-16-38(33)49(43)53-47/h1-31H. The van der Waals surface area contributed by atoms with Crippen LogP contribution in [0.2, 0.25) is 0 Å². The number of rotatable bonds is 5. The van der Waals surface area contributed by atoms with Gasteiger partial charge in [-0.25, -0.2) is 0 Å². The van der Waals surface area contributed by atoms with Gasteiger partial charge in [0.25, 0.3) is 0 Å². The van der Waals surface area contributed by atoms with Gasteiger partial charge in [0, 0.05) is 38.2 Å². The van der Waals surface area contributed by atoms with Gasteiger partial charge < -0.3 is 13.7 Å². The Kier molecular flexibility index (Phi) is 6.55. The van der Waals surface area contributed by atoms with Crippen LogP contribution in [0, 0.1) is 0 Å². The summed E-state index contributed by atoms with van der Waals surface area (Å²) in [5, 5.41) is 9.15. The van der Waals surface area contributed by atoms with E-state index in [0.29, 0.717) is 0 Å². The van der Waals surface area contributed by atoms with Crippen molar-refractivity contribution in [1.29, 1.82) is 0 Å². The first-order valence-corrected chi connectivity index (χ1v) is 18.0. The number of para-hydroxylation sites is 3. The minimum atomic E-state index is 0.847. The number of furan rings is 2. The molecule has 3 nitrogen and oxygen atoms in total. The normalized spacial score (nSPS) is 11.8. The van der Waals surface area contributed by atoms with E-state index in [1.807, 2.05) is 12.1 Å². The number of hydrogen-bond acceptors (Lipinski definition) is 3. The van der Waals surface area contributed by atoms with E-state index < -0.39 is 0 Å². The minimum Gasteiger partial charge on any atom is -0.455 e. The summed E-state index contributed by atoms with van der Waals surface area (Å²) < 4.78 is 13.3. The van der Waals surface area contributed by atoms with E-state index in [2.05, 4.69) is 181 Å². The van der Waals surface area contributed by atoms with E-state index in [1.165, 1.54) is 21.9 Å². The number of nitrogens with zero attached hydrogens (tertiary/aromatic N) is 1. The summed E-state index contributed by atoms with van der Waals surface area (Å²) in [5.41, 5.74) is 11.1. The quantitative estimate of drug-likeness (QED) is 0.182. The van der Waals surface area contributed by atoms with Crippen molar-refractivity contribution in [3.05, 3.63) is 188 Å². The molecule has 53 heavy (non-hydrogen) atoms. The molecule has 2 aromatic heterocycles. The van der Waals surface area contributed by atoms with Gasteiger partial charge in [-0.2, -0.15) is 0 Å². The van der Waals surface area contributed by atoms with Crippen molar-refractivity contribution in [2.75, 3.05) is 4.90 Å². The van der Waals surface area contributed by atoms with Gasteiger partial charge in [-0.3, -0.25) is 0 Å². The van der Waals surface area contributed by atoms with Crippen molar-refractivity contribution < 1.29 is 8.83 Å². The molecule has 3 heteroatoms. The van der Waals surface area contributed by atoms with Crippen molar-refractivity contribution in [3.63, 3.8) is 0 Å². The predicted octanol–water partition coefficient (Wildman–Crippen LogP) is 14.6. The van der Waals surface area contributed by atoms with Gasteiger partial charge in [0.1, 0.15) is 16.7 Å². The second-order valence-corrected chi connectivity index (χ2v) is 13.6. The Labute approximate surface area is 305 Å². The Bertz CT molecular complexity index is 3180. The molecule has 0 aliphatic heterocycles. The highest BCUT2D eigenvalue weighted by Crippen LogP contribution is 2.48. The van der Waals surface area contributed by atoms with Gasteiger partial charge in [-0.1, -0.05) is 146 Å². The molecule has 0 amide bonds. The Morgan fingerprint density at radius 2 is 0.906 bits per heavy atom. The third kappa shape index (κ3) is 4.61. The molecule has 0 radical (unpaired) electrons. The van der Waals surface area contributed by atoms with Crippen molar-refractivity contribution >= 4 is 82.5 Å². The van der Waals surface area contributed by atoms with Crippen LogP contribution in [0.25, 0.3) is 87.7 Å². The number of hydrogen-bond donors (Lipinski definition) is 0. The molecular weight excluding hydrogens is 647 g/mol. The van der Waals surface area contributed by atoms with E-state index in [1.54, 1.807) is 0 Å². The molecule has 0 N–H and O–H groups in total. The molecule has 9 aromatic carbocycles. The summed E-state index contributed by atoms with van der Waals surface area (Å²) in [7, 11) is 0. The predicted molar refractivity (Wildman–Crippen MR) is 222 cm³/mol. The van der Waals surface area contributed by atoms with E-state index in [4.69, 9.17) is 8.83 Å². The molecule has 11 rings (SSSR count). The topological polar surface area (TPSA) is 29.5 Å². The Hall–Kier alpha value is -7.10. The highest BCUT2D eigenvalue weighted by atomic mass is 16.3. The summed E-state index contributed by atoms with van der Waals surface area (Å²) in [6, 6.07) is 66.7. The maximum Gasteiger partial charge on any atom is 0.159 e. The molecule has 0 aliphatic rings. The highest BCUT2D eigenvalue weighted by Gasteiger charge is 2.24. The third-order valence-corrected chi connectivity index (χ3v) is 10.7. The zero-order valence-corrected chi connectivity index (χ0v) is 28.7. The molecule has 0 bridgehead atoms. The molecule has 11 aromatic rings. The van der Waals surface area contributed by atoms with Crippen LogP contribution in [0.1, 0.15) is 0 Å². The summed E-state index contributed by atoms with van der Waals surface area (Å²) in [6.07, 6.45) is 0. The van der Waals surface area contributed by atoms with E-state index in [0.717, 1.165) is 82.8 Å². The molecule has 0 aliphatic carbocycles. The molecule has 0 unspecified atom stereocenters. The molecular formula is C50H31NO2. The fraction of sp³-hybridized carbons (Fsp3) is 0. The summed E-state index contributed by atoms with van der Waals surface area (Å²) in [4.78, 5) is 2.35. The Balaban J connectivity index is 1.16. The smallest absolute Gasteiger partial charge is 0.159 e. The van der Waals surface area contributed by atoms with Crippen molar-refractivity contribution in [2.24, 2.45) is 0 Å². The fourth-order valence-electron chi connectivity index (χ4n) is 8.26. The van der Waals surface area contributed by atoms with Gasteiger partial charge >= 0.3 is 0 Å². The van der Waals surface area contributed by atoms with Crippen LogP contribution in [0.3, 0.4) is 0 Å². The first-order chi connectivity index (χ1) is 26.3. The van der Waals surface area contributed by atoms with Gasteiger partial charge in [0.05, 0.1) is 11.4 Å². The Morgan fingerprint density at radius 1 is 0.321 bits per heavy atom. The number of fused-ring (bicyclic) bond motifs is 9. The monoisotopic (exact) mass is 677 g/mol. The van der Waals surface area contributed by atoms with Crippen LogP contribution < -0.4 is 4.90 Å². The SMILES string of the molecule is c1ccc(N(c2ccc(-c3cccc4ccccc34)cc2)c2cccc3c2oc2ccccc23)c(-c2cccc3oc4c5ccccc5ccc4c23)c1. The first kappa shape index (κ1) is 29.6. The molecule has 0 atom stereocenters. The lowest BCUT2D eigenvalue weighted by atomic mass is 9.95. The maximum absolute atomic E-state index is 6.69. The molecule has 0 spiro atoms. The molecule has 2 heterocycles. The lowest BCUT2D eigenvalue weighted by molar-refractivity contribution is 0.669. The van der Waals surface area contributed by atoms with E-state index in [9.17, 15) is 0 Å². The third-order valence-electron chi connectivity index (χ3n) is 10.7. The minimum absolute atomic E-state index is 0.847. The van der Waals surface area contributed by atoms with Crippen molar-refractivity contribution in [3.8, 4) is 22.3 Å². The summed E-state index contributed by atoms with van der Waals surface area (Å²) >= 11 is 0. The number of benzene rings is 9. The van der Waals surface area contributed by atoms with E-state index in [-0.39, 0.29) is 0 Å². The maximum atomic E-state index is 6.69. The largest absolute Gasteiger partial charge is 0.455 e. The molecule has 248 valence electrons. The highest BCUT2D eigenvalue weighted by molar-refractivity contribution is 6.20. The lowest BCUT2D eigenvalue weighted by Gasteiger charge is -2.28. The van der Waals surface area contributed by atoms with Crippen LogP contribution in [-0.2, 0) is 0 Å². The van der Waals surface area contributed by atoms with Gasteiger partial charge in [0.2, 0.25) is 0 Å². The zero-order valence-electron chi connectivity index (χ0n) is 28.7. The van der Waals surface area contributed by atoms with Gasteiger partial charge in [-0.15, -0.1) is 0 Å². The van der Waals surface area contributed by atoms with Crippen LogP contribution in [0.15, 0.2) is 197 Å². The van der Waals surface area contributed by atoms with Crippen LogP contribution >= 0.6 is 0 Å². The summed E-state index contributed by atoms with van der Waals surface area (Å²) in [6.45, 7) is 0. The van der Waals surface area contributed by atoms with Gasteiger partial charge in [-0.05, 0) is 75.3 Å². The van der Waals surface area contributed by atoms with Crippen molar-refractivity contribution in [2.45, 2.75) is 0 Å². The fourth-order valence-corrected chi connectivity index (χ4v) is 8.26. The second kappa shape index (κ2) is 11.7. The second-order valence-electron chi connectivity index (χ2n) is 13.6. The molecule has 0 saturated carbocycles. The number of anilines is 3. The molecule has 0 fully saturated rings. The van der Waals surface area contributed by atoms with Gasteiger partial charge in [0.15, 0.2) is 5.58 Å².